The normalized spacial score (nSPS) is 17.5. The summed E-state index contributed by atoms with van der Waals surface area (Å²) in [6.07, 6.45) is 6.48. The van der Waals surface area contributed by atoms with E-state index in [1.54, 1.807) is 18.6 Å². The summed E-state index contributed by atoms with van der Waals surface area (Å²) < 4.78 is 15.5. The van der Waals surface area contributed by atoms with Crippen LogP contribution in [0.4, 0.5) is 0 Å². The third kappa shape index (κ3) is 2.11. The highest BCUT2D eigenvalue weighted by atomic mass is 32.2. The third-order valence-corrected chi connectivity index (χ3v) is 4.45. The number of rotatable bonds is 2. The quantitative estimate of drug-likeness (QED) is 0.781. The molecule has 0 saturated heterocycles. The van der Waals surface area contributed by atoms with E-state index in [9.17, 15) is 9.00 Å². The van der Waals surface area contributed by atoms with Gasteiger partial charge in [-0.1, -0.05) is 12.1 Å². The summed E-state index contributed by atoms with van der Waals surface area (Å²) in [5.74, 6) is -0.373. The van der Waals surface area contributed by atoms with Crippen molar-refractivity contribution in [3.63, 3.8) is 0 Å². The lowest BCUT2D eigenvalue weighted by Gasteiger charge is -2.01. The van der Waals surface area contributed by atoms with Gasteiger partial charge in [-0.3, -0.25) is 14.5 Å². The van der Waals surface area contributed by atoms with Crippen LogP contribution >= 0.6 is 0 Å². The molecule has 0 radical (unpaired) electrons. The van der Waals surface area contributed by atoms with Gasteiger partial charge < -0.3 is 0 Å². The van der Waals surface area contributed by atoms with Gasteiger partial charge in [0.1, 0.15) is 0 Å². The van der Waals surface area contributed by atoms with Gasteiger partial charge in [0.15, 0.2) is 16.0 Å². The Morgan fingerprint density at radius 2 is 2.09 bits per heavy atom. The molecule has 108 valence electrons. The zero-order valence-electron chi connectivity index (χ0n) is 11.3. The van der Waals surface area contributed by atoms with Gasteiger partial charge in [-0.15, -0.1) is 0 Å². The highest BCUT2D eigenvalue weighted by molar-refractivity contribution is 7.93. The molecular weight excluding hydrogens is 300 g/mol. The fraction of sp³-hybridized carbons (Fsp3) is 0. The minimum atomic E-state index is -1.55. The van der Waals surface area contributed by atoms with Crippen molar-refractivity contribution in [2.45, 2.75) is 0 Å². The van der Waals surface area contributed by atoms with Gasteiger partial charge in [0.05, 0.1) is 11.7 Å². The van der Waals surface area contributed by atoms with Crippen LogP contribution in [0.3, 0.4) is 0 Å². The van der Waals surface area contributed by atoms with Crippen molar-refractivity contribution < 1.29 is 9.00 Å². The van der Waals surface area contributed by atoms with Crippen molar-refractivity contribution in [3.8, 4) is 11.1 Å². The number of pyridine rings is 1. The van der Waals surface area contributed by atoms with Gasteiger partial charge in [0.2, 0.25) is 0 Å². The van der Waals surface area contributed by atoms with Crippen LogP contribution in [-0.4, -0.2) is 24.9 Å². The van der Waals surface area contributed by atoms with Gasteiger partial charge in [-0.25, -0.2) is 8.89 Å². The number of nitrogens with one attached hydrogen (secondary N) is 1. The first-order valence-corrected chi connectivity index (χ1v) is 7.70. The second-order valence-electron chi connectivity index (χ2n) is 4.80. The predicted octanol–water partition coefficient (Wildman–Crippen LogP) is 1.69. The average molecular weight is 310 g/mol. The molecule has 0 aliphatic carbocycles. The van der Waals surface area contributed by atoms with Crippen LogP contribution in [0.2, 0.25) is 0 Å². The minimum absolute atomic E-state index is 0.332. The van der Waals surface area contributed by atoms with E-state index in [1.165, 1.54) is 10.8 Å². The largest absolute Gasteiger partial charge is 0.269 e. The SMILES string of the molecule is O=C1C=C(n2cc(-c3ccc4ncccc4c3)cn2)S(=O)N1. The number of amides is 1. The van der Waals surface area contributed by atoms with Crippen LogP contribution in [0, 0.1) is 0 Å². The molecule has 1 aliphatic heterocycles. The summed E-state index contributed by atoms with van der Waals surface area (Å²) in [5, 5.41) is 5.55. The maximum atomic E-state index is 11.7. The molecule has 2 aromatic heterocycles. The van der Waals surface area contributed by atoms with Gasteiger partial charge in [-0.05, 0) is 23.8 Å². The van der Waals surface area contributed by atoms with E-state index in [0.717, 1.165) is 22.0 Å². The molecule has 3 aromatic rings. The van der Waals surface area contributed by atoms with Crippen molar-refractivity contribution in [3.05, 3.63) is 55.0 Å². The Morgan fingerprint density at radius 3 is 2.91 bits per heavy atom. The number of carbonyl (C=O) groups excluding carboxylic acids is 1. The second kappa shape index (κ2) is 4.88. The van der Waals surface area contributed by atoms with Crippen LogP contribution in [-0.2, 0) is 15.8 Å². The van der Waals surface area contributed by atoms with E-state index in [-0.39, 0.29) is 5.91 Å². The van der Waals surface area contributed by atoms with Crippen LogP contribution in [0.25, 0.3) is 27.1 Å². The molecule has 1 amide bonds. The molecule has 1 aliphatic rings. The molecule has 0 bridgehead atoms. The molecule has 7 heteroatoms. The molecule has 22 heavy (non-hydrogen) atoms. The van der Waals surface area contributed by atoms with Crippen LogP contribution < -0.4 is 4.72 Å². The number of fused-ring (bicyclic) bond motifs is 1. The summed E-state index contributed by atoms with van der Waals surface area (Å²) in [5.41, 5.74) is 2.78. The summed E-state index contributed by atoms with van der Waals surface area (Å²) in [6.45, 7) is 0. The zero-order valence-corrected chi connectivity index (χ0v) is 12.1. The van der Waals surface area contributed by atoms with E-state index in [1.807, 2.05) is 30.3 Å². The first-order valence-electron chi connectivity index (χ1n) is 6.55. The summed E-state index contributed by atoms with van der Waals surface area (Å²) >= 11 is 0. The predicted molar refractivity (Wildman–Crippen MR) is 83.5 cm³/mol. The molecule has 3 heterocycles. The van der Waals surface area contributed by atoms with Gasteiger partial charge in [0.25, 0.3) is 5.91 Å². The summed E-state index contributed by atoms with van der Waals surface area (Å²) in [4.78, 5) is 15.5. The van der Waals surface area contributed by atoms with Crippen LogP contribution in [0.5, 0.6) is 0 Å². The van der Waals surface area contributed by atoms with Crippen molar-refractivity contribution in [2.75, 3.05) is 0 Å². The first-order chi connectivity index (χ1) is 10.7. The molecule has 4 rings (SSSR count). The van der Waals surface area contributed by atoms with E-state index in [0.29, 0.717) is 5.03 Å². The molecule has 0 saturated carbocycles. The smallest absolute Gasteiger partial charge is 0.258 e. The van der Waals surface area contributed by atoms with E-state index in [4.69, 9.17) is 0 Å². The highest BCUT2D eigenvalue weighted by Crippen LogP contribution is 2.24. The zero-order chi connectivity index (χ0) is 15.1. The fourth-order valence-electron chi connectivity index (χ4n) is 2.34. The minimum Gasteiger partial charge on any atom is -0.269 e. The maximum Gasteiger partial charge on any atom is 0.258 e. The van der Waals surface area contributed by atoms with Gasteiger partial charge in [0, 0.05) is 29.4 Å². The molecule has 0 spiro atoms. The number of nitrogens with zero attached hydrogens (tertiary/aromatic N) is 3. The Balaban J connectivity index is 1.75. The molecular formula is C15H10N4O2S. The van der Waals surface area contributed by atoms with Gasteiger partial charge in [-0.2, -0.15) is 5.10 Å². The Labute approximate surface area is 128 Å². The van der Waals surface area contributed by atoms with Crippen molar-refractivity contribution in [2.24, 2.45) is 0 Å². The summed E-state index contributed by atoms with van der Waals surface area (Å²) in [7, 11) is -1.55. The second-order valence-corrected chi connectivity index (χ2v) is 5.96. The molecule has 1 N–H and O–H groups in total. The Bertz CT molecular complexity index is 961. The summed E-state index contributed by atoms with van der Waals surface area (Å²) in [6, 6.07) is 9.81. The standard InChI is InChI=1S/C15H10N4O2S/c20-14-7-15(22(21)18-14)19-9-12(8-17-19)10-3-4-13-11(6-10)2-1-5-16-13/h1-9H,(H,18,20). The Kier molecular flexibility index (Phi) is 2.87. The number of hydrogen-bond acceptors (Lipinski definition) is 4. The van der Waals surface area contributed by atoms with E-state index in [2.05, 4.69) is 14.8 Å². The number of carbonyl (C=O) groups is 1. The number of aromatic nitrogens is 3. The van der Waals surface area contributed by atoms with Crippen molar-refractivity contribution >= 4 is 32.8 Å². The molecule has 0 fully saturated rings. The van der Waals surface area contributed by atoms with Gasteiger partial charge >= 0.3 is 0 Å². The Hall–Kier alpha value is -2.80. The lowest BCUT2D eigenvalue weighted by atomic mass is 10.1. The van der Waals surface area contributed by atoms with Crippen LogP contribution in [0.15, 0.2) is 55.0 Å². The fourth-order valence-corrected chi connectivity index (χ4v) is 3.17. The van der Waals surface area contributed by atoms with E-state index >= 15 is 0 Å². The average Bonchev–Trinajstić information content (AvgIpc) is 3.13. The topological polar surface area (TPSA) is 76.9 Å². The molecule has 1 atom stereocenters. The molecule has 1 unspecified atom stereocenters. The van der Waals surface area contributed by atoms with Crippen LogP contribution in [0.1, 0.15) is 0 Å². The first kappa shape index (κ1) is 12.9. The van der Waals surface area contributed by atoms with Crippen molar-refractivity contribution in [1.82, 2.24) is 19.5 Å². The van der Waals surface area contributed by atoms with E-state index < -0.39 is 11.0 Å². The molecule has 6 nitrogen and oxygen atoms in total. The maximum absolute atomic E-state index is 11.7. The number of hydrogen-bond donors (Lipinski definition) is 1. The van der Waals surface area contributed by atoms with Crippen molar-refractivity contribution in [1.29, 1.82) is 0 Å². The number of benzene rings is 1. The Morgan fingerprint density at radius 1 is 1.18 bits per heavy atom. The molecule has 1 aromatic carbocycles. The lowest BCUT2D eigenvalue weighted by molar-refractivity contribution is -0.114. The highest BCUT2D eigenvalue weighted by Gasteiger charge is 2.21. The third-order valence-electron chi connectivity index (χ3n) is 3.38. The lowest BCUT2D eigenvalue weighted by Crippen LogP contribution is -2.17. The monoisotopic (exact) mass is 310 g/mol.